The molecule has 1 aromatic heterocycles. The lowest BCUT2D eigenvalue weighted by molar-refractivity contribution is -0.384. The van der Waals surface area contributed by atoms with Crippen LogP contribution < -0.4 is 10.6 Å². The third-order valence-electron chi connectivity index (χ3n) is 5.41. The summed E-state index contributed by atoms with van der Waals surface area (Å²) in [6.07, 6.45) is 3.16. The van der Waals surface area contributed by atoms with Gasteiger partial charge in [0.25, 0.3) is 5.69 Å². The van der Waals surface area contributed by atoms with E-state index < -0.39 is 0 Å². The molecule has 2 aromatic rings. The first-order valence-electron chi connectivity index (χ1n) is 10.6. The van der Waals surface area contributed by atoms with Gasteiger partial charge < -0.3 is 15.5 Å². The Kier molecular flexibility index (Phi) is 8.21. The standard InChI is InChI=1S/C22H31N5O2S/c1-17(2)26-13-10-19(11-14-26)25-22(23-12-9-21-4-3-15-30-21)24-16-18-5-7-20(8-6-18)27(28)29/h3-8,15,17,19H,9-14,16H2,1-2H3,(H2,23,24,25). The molecular weight excluding hydrogens is 398 g/mol. The van der Waals surface area contributed by atoms with Crippen molar-refractivity contribution >= 4 is 23.0 Å². The number of non-ortho nitro benzene ring substituents is 1. The largest absolute Gasteiger partial charge is 0.356 e. The number of rotatable bonds is 8. The molecule has 7 nitrogen and oxygen atoms in total. The molecule has 1 fully saturated rings. The molecule has 2 heterocycles. The van der Waals surface area contributed by atoms with Gasteiger partial charge in [0, 0.05) is 48.7 Å². The van der Waals surface area contributed by atoms with Crippen LogP contribution in [-0.4, -0.2) is 47.5 Å². The van der Waals surface area contributed by atoms with Crippen LogP contribution in [-0.2, 0) is 13.0 Å². The van der Waals surface area contributed by atoms with E-state index in [9.17, 15) is 10.1 Å². The number of nitro groups is 1. The Morgan fingerprint density at radius 2 is 2.00 bits per heavy atom. The molecule has 1 aromatic carbocycles. The number of aliphatic imine (C=N–C) groups is 1. The number of benzene rings is 1. The number of nitrogens with one attached hydrogen (secondary N) is 2. The van der Waals surface area contributed by atoms with Gasteiger partial charge in [0.1, 0.15) is 0 Å². The molecule has 0 bridgehead atoms. The molecule has 1 saturated heterocycles. The molecule has 30 heavy (non-hydrogen) atoms. The molecule has 162 valence electrons. The minimum atomic E-state index is -0.379. The number of nitro benzene ring substituents is 1. The summed E-state index contributed by atoms with van der Waals surface area (Å²) in [4.78, 5) is 19.1. The fourth-order valence-electron chi connectivity index (χ4n) is 3.56. The van der Waals surface area contributed by atoms with E-state index in [-0.39, 0.29) is 10.6 Å². The second-order valence-corrected chi connectivity index (χ2v) is 8.93. The van der Waals surface area contributed by atoms with Crippen LogP contribution in [0.25, 0.3) is 0 Å². The van der Waals surface area contributed by atoms with Gasteiger partial charge in [0.15, 0.2) is 5.96 Å². The molecule has 1 aliphatic rings. The summed E-state index contributed by atoms with van der Waals surface area (Å²) in [7, 11) is 0. The second-order valence-electron chi connectivity index (χ2n) is 7.89. The molecule has 0 unspecified atom stereocenters. The Morgan fingerprint density at radius 1 is 1.27 bits per heavy atom. The quantitative estimate of drug-likeness (QED) is 0.289. The smallest absolute Gasteiger partial charge is 0.269 e. The highest BCUT2D eigenvalue weighted by molar-refractivity contribution is 7.09. The summed E-state index contributed by atoms with van der Waals surface area (Å²) in [5.41, 5.74) is 1.06. The zero-order valence-electron chi connectivity index (χ0n) is 17.7. The predicted octanol–water partition coefficient (Wildman–Crippen LogP) is 3.81. The van der Waals surface area contributed by atoms with Crippen molar-refractivity contribution in [2.75, 3.05) is 19.6 Å². The van der Waals surface area contributed by atoms with Crippen LogP contribution in [0, 0.1) is 10.1 Å². The zero-order valence-corrected chi connectivity index (χ0v) is 18.5. The summed E-state index contributed by atoms with van der Waals surface area (Å²) in [6, 6.07) is 11.8. The molecule has 0 radical (unpaired) electrons. The highest BCUT2D eigenvalue weighted by atomic mass is 32.1. The summed E-state index contributed by atoms with van der Waals surface area (Å²) >= 11 is 1.77. The van der Waals surface area contributed by atoms with Gasteiger partial charge in [-0.3, -0.25) is 10.1 Å². The molecule has 8 heteroatoms. The highest BCUT2D eigenvalue weighted by Gasteiger charge is 2.21. The first kappa shape index (κ1) is 22.2. The third-order valence-corrected chi connectivity index (χ3v) is 6.35. The van der Waals surface area contributed by atoms with Crippen molar-refractivity contribution in [2.24, 2.45) is 4.99 Å². The summed E-state index contributed by atoms with van der Waals surface area (Å²) in [6.45, 7) is 7.99. The lowest BCUT2D eigenvalue weighted by Crippen LogP contribution is -2.50. The van der Waals surface area contributed by atoms with Crippen LogP contribution in [0.4, 0.5) is 5.69 Å². The number of piperidine rings is 1. The normalized spacial score (nSPS) is 16.0. The van der Waals surface area contributed by atoms with Crippen LogP contribution in [0.5, 0.6) is 0 Å². The van der Waals surface area contributed by atoms with E-state index >= 15 is 0 Å². The maximum Gasteiger partial charge on any atom is 0.269 e. The highest BCUT2D eigenvalue weighted by Crippen LogP contribution is 2.14. The third kappa shape index (κ3) is 6.81. The number of nitrogens with zero attached hydrogens (tertiary/aromatic N) is 3. The van der Waals surface area contributed by atoms with Crippen molar-refractivity contribution < 1.29 is 4.92 Å². The van der Waals surface area contributed by atoms with Gasteiger partial charge in [0.2, 0.25) is 0 Å². The Hall–Kier alpha value is -2.45. The lowest BCUT2D eigenvalue weighted by Gasteiger charge is -2.35. The minimum Gasteiger partial charge on any atom is -0.356 e. The fourth-order valence-corrected chi connectivity index (χ4v) is 4.27. The Labute approximate surface area is 182 Å². The van der Waals surface area contributed by atoms with Crippen LogP contribution >= 0.6 is 11.3 Å². The Balaban J connectivity index is 1.59. The number of hydrogen-bond acceptors (Lipinski definition) is 5. The molecule has 0 spiro atoms. The van der Waals surface area contributed by atoms with E-state index in [2.05, 4.69) is 46.9 Å². The topological polar surface area (TPSA) is 82.8 Å². The van der Waals surface area contributed by atoms with Gasteiger partial charge in [-0.1, -0.05) is 18.2 Å². The van der Waals surface area contributed by atoms with Gasteiger partial charge >= 0.3 is 0 Å². The van der Waals surface area contributed by atoms with Gasteiger partial charge in [-0.25, -0.2) is 4.99 Å². The van der Waals surface area contributed by atoms with E-state index in [1.54, 1.807) is 23.5 Å². The van der Waals surface area contributed by atoms with Gasteiger partial charge in [-0.15, -0.1) is 11.3 Å². The van der Waals surface area contributed by atoms with Crippen molar-refractivity contribution in [3.8, 4) is 0 Å². The number of hydrogen-bond donors (Lipinski definition) is 2. The molecule has 0 aliphatic carbocycles. The average Bonchev–Trinajstić information content (AvgIpc) is 3.26. The van der Waals surface area contributed by atoms with E-state index in [1.807, 2.05) is 0 Å². The van der Waals surface area contributed by atoms with Gasteiger partial charge in [-0.2, -0.15) is 0 Å². The predicted molar refractivity (Wildman–Crippen MR) is 123 cm³/mol. The number of thiophene rings is 1. The van der Waals surface area contributed by atoms with Crippen LogP contribution in [0.1, 0.15) is 37.1 Å². The Bertz CT molecular complexity index is 813. The van der Waals surface area contributed by atoms with Gasteiger partial charge in [0.05, 0.1) is 11.5 Å². The van der Waals surface area contributed by atoms with Crippen molar-refractivity contribution in [1.82, 2.24) is 15.5 Å². The van der Waals surface area contributed by atoms with E-state index in [0.29, 0.717) is 18.6 Å². The molecule has 0 atom stereocenters. The van der Waals surface area contributed by atoms with Crippen molar-refractivity contribution in [1.29, 1.82) is 0 Å². The number of likely N-dealkylation sites (tertiary alicyclic amines) is 1. The first-order chi connectivity index (χ1) is 14.5. The Morgan fingerprint density at radius 3 is 2.60 bits per heavy atom. The van der Waals surface area contributed by atoms with E-state index in [0.717, 1.165) is 50.4 Å². The number of guanidine groups is 1. The van der Waals surface area contributed by atoms with Crippen LogP contribution in [0.3, 0.4) is 0 Å². The molecule has 2 N–H and O–H groups in total. The van der Waals surface area contributed by atoms with Gasteiger partial charge in [-0.05, 0) is 50.1 Å². The summed E-state index contributed by atoms with van der Waals surface area (Å²) in [5.74, 6) is 0.813. The van der Waals surface area contributed by atoms with E-state index in [1.165, 1.54) is 17.0 Å². The molecule has 1 aliphatic heterocycles. The SMILES string of the molecule is CC(C)N1CCC(NC(=NCc2ccc([N+](=O)[O-])cc2)NCCc2cccs2)CC1. The maximum atomic E-state index is 10.8. The average molecular weight is 430 g/mol. The van der Waals surface area contributed by atoms with E-state index in [4.69, 9.17) is 4.99 Å². The first-order valence-corrected chi connectivity index (χ1v) is 11.4. The van der Waals surface area contributed by atoms with Crippen LogP contribution in [0.2, 0.25) is 0 Å². The second kappa shape index (κ2) is 11.1. The molecular formula is C22H31N5O2S. The zero-order chi connectivity index (χ0) is 21.3. The lowest BCUT2D eigenvalue weighted by atomic mass is 10.0. The van der Waals surface area contributed by atoms with Crippen molar-refractivity contribution in [3.63, 3.8) is 0 Å². The minimum absolute atomic E-state index is 0.104. The molecule has 0 saturated carbocycles. The van der Waals surface area contributed by atoms with Crippen LogP contribution in [0.15, 0.2) is 46.8 Å². The van der Waals surface area contributed by atoms with Crippen molar-refractivity contribution in [3.05, 3.63) is 62.3 Å². The molecule has 3 rings (SSSR count). The maximum absolute atomic E-state index is 10.8. The molecule has 0 amide bonds. The van der Waals surface area contributed by atoms with Crippen molar-refractivity contribution in [2.45, 2.75) is 51.7 Å². The summed E-state index contributed by atoms with van der Waals surface area (Å²) < 4.78 is 0. The fraction of sp³-hybridized carbons (Fsp3) is 0.500. The monoisotopic (exact) mass is 429 g/mol. The summed E-state index contributed by atoms with van der Waals surface area (Å²) in [5, 5.41) is 20.0.